The highest BCUT2D eigenvalue weighted by Gasteiger charge is 2.23. The van der Waals surface area contributed by atoms with Crippen molar-refractivity contribution in [3.8, 4) is 0 Å². The van der Waals surface area contributed by atoms with Gasteiger partial charge in [0.25, 0.3) is 0 Å². The van der Waals surface area contributed by atoms with Gasteiger partial charge in [-0.3, -0.25) is 4.90 Å². The first kappa shape index (κ1) is 10.7. The lowest BCUT2D eigenvalue weighted by molar-refractivity contribution is 0.000770. The van der Waals surface area contributed by atoms with Crippen LogP contribution in [0.25, 0.3) is 0 Å². The Balaban J connectivity index is 1.76. The average Bonchev–Trinajstić information content (AvgIpc) is 2.23. The van der Waals surface area contributed by atoms with Gasteiger partial charge >= 0.3 is 0 Å². The van der Waals surface area contributed by atoms with Crippen molar-refractivity contribution in [3.63, 3.8) is 0 Å². The zero-order valence-corrected chi connectivity index (χ0v) is 9.68. The summed E-state index contributed by atoms with van der Waals surface area (Å²) in [6.45, 7) is 7.57. The Morgan fingerprint density at radius 1 is 1.57 bits per heavy atom. The molecule has 0 aromatic rings. The minimum Gasteiger partial charge on any atom is -0.374 e. The predicted octanol–water partition coefficient (Wildman–Crippen LogP) is 0.412. The standard InChI is InChI=1S/C10H20N2OS/c1-9-8-14-5-3-12(9)7-10-6-11-2-4-13-10/h9-11H,2-8H2,1H3. The van der Waals surface area contributed by atoms with Crippen LogP contribution in [0.2, 0.25) is 0 Å². The molecule has 2 unspecified atom stereocenters. The van der Waals surface area contributed by atoms with Gasteiger partial charge in [0.15, 0.2) is 0 Å². The Labute approximate surface area is 90.6 Å². The summed E-state index contributed by atoms with van der Waals surface area (Å²) in [5, 5.41) is 3.38. The van der Waals surface area contributed by atoms with E-state index in [0.29, 0.717) is 6.10 Å². The highest BCUT2D eigenvalue weighted by atomic mass is 32.2. The van der Waals surface area contributed by atoms with Gasteiger partial charge in [-0.05, 0) is 6.92 Å². The molecule has 0 radical (unpaired) electrons. The Hall–Kier alpha value is 0.230. The van der Waals surface area contributed by atoms with Crippen LogP contribution in [0.5, 0.6) is 0 Å². The van der Waals surface area contributed by atoms with Gasteiger partial charge < -0.3 is 10.1 Å². The highest BCUT2D eigenvalue weighted by molar-refractivity contribution is 7.99. The molecule has 2 fully saturated rings. The van der Waals surface area contributed by atoms with Crippen LogP contribution in [0.4, 0.5) is 0 Å². The quantitative estimate of drug-likeness (QED) is 0.723. The van der Waals surface area contributed by atoms with Crippen LogP contribution in [0.3, 0.4) is 0 Å². The van der Waals surface area contributed by atoms with Crippen molar-refractivity contribution in [1.82, 2.24) is 10.2 Å². The summed E-state index contributed by atoms with van der Waals surface area (Å²) in [5.41, 5.74) is 0. The van der Waals surface area contributed by atoms with Crippen molar-refractivity contribution in [2.45, 2.75) is 19.1 Å². The first-order valence-corrected chi connectivity index (χ1v) is 6.66. The Morgan fingerprint density at radius 2 is 2.50 bits per heavy atom. The molecule has 2 aliphatic rings. The number of morpholine rings is 1. The third-order valence-electron chi connectivity index (χ3n) is 2.95. The summed E-state index contributed by atoms with van der Waals surface area (Å²) in [4.78, 5) is 2.56. The van der Waals surface area contributed by atoms with Crippen LogP contribution in [0, 0.1) is 0 Å². The monoisotopic (exact) mass is 216 g/mol. The number of hydrogen-bond donors (Lipinski definition) is 1. The molecule has 4 heteroatoms. The van der Waals surface area contributed by atoms with Crippen LogP contribution in [0.1, 0.15) is 6.92 Å². The van der Waals surface area contributed by atoms with E-state index in [4.69, 9.17) is 4.74 Å². The molecule has 0 aromatic heterocycles. The maximum absolute atomic E-state index is 5.72. The van der Waals surface area contributed by atoms with E-state index < -0.39 is 0 Å². The number of nitrogens with zero attached hydrogens (tertiary/aromatic N) is 1. The molecular weight excluding hydrogens is 196 g/mol. The lowest BCUT2D eigenvalue weighted by Gasteiger charge is -2.36. The second kappa shape index (κ2) is 5.35. The van der Waals surface area contributed by atoms with E-state index in [9.17, 15) is 0 Å². The van der Waals surface area contributed by atoms with Crippen LogP contribution >= 0.6 is 11.8 Å². The summed E-state index contributed by atoms with van der Waals surface area (Å²) < 4.78 is 5.72. The smallest absolute Gasteiger partial charge is 0.0826 e. The van der Waals surface area contributed by atoms with E-state index in [1.54, 1.807) is 0 Å². The average molecular weight is 216 g/mol. The lowest BCUT2D eigenvalue weighted by Crippen LogP contribution is -2.50. The number of rotatable bonds is 2. The fraction of sp³-hybridized carbons (Fsp3) is 1.00. The molecule has 2 aliphatic heterocycles. The second-order valence-corrected chi connectivity index (χ2v) is 5.27. The zero-order valence-electron chi connectivity index (χ0n) is 8.87. The molecule has 0 amide bonds. The van der Waals surface area contributed by atoms with E-state index in [2.05, 4.69) is 28.9 Å². The molecule has 0 bridgehead atoms. The van der Waals surface area contributed by atoms with Gasteiger partial charge in [-0.2, -0.15) is 11.8 Å². The summed E-state index contributed by atoms with van der Waals surface area (Å²) in [5.74, 6) is 2.56. The maximum Gasteiger partial charge on any atom is 0.0826 e. The third kappa shape index (κ3) is 2.86. The first-order chi connectivity index (χ1) is 6.86. The normalized spacial score (nSPS) is 35.8. The molecule has 3 nitrogen and oxygen atoms in total. The molecule has 1 N–H and O–H groups in total. The van der Waals surface area contributed by atoms with Gasteiger partial charge in [0.2, 0.25) is 0 Å². The summed E-state index contributed by atoms with van der Waals surface area (Å²) >= 11 is 2.07. The van der Waals surface area contributed by atoms with E-state index in [1.165, 1.54) is 18.1 Å². The molecular formula is C10H20N2OS. The molecule has 2 rings (SSSR count). The van der Waals surface area contributed by atoms with Crippen LogP contribution in [-0.2, 0) is 4.74 Å². The van der Waals surface area contributed by atoms with Gasteiger partial charge in [-0.25, -0.2) is 0 Å². The van der Waals surface area contributed by atoms with Crippen molar-refractivity contribution in [1.29, 1.82) is 0 Å². The molecule has 2 saturated heterocycles. The molecule has 2 heterocycles. The number of ether oxygens (including phenoxy) is 1. The fourth-order valence-electron chi connectivity index (χ4n) is 2.03. The molecule has 14 heavy (non-hydrogen) atoms. The molecule has 2 atom stereocenters. The molecule has 0 aromatic carbocycles. The number of thioether (sulfide) groups is 1. The van der Waals surface area contributed by atoms with Crippen LogP contribution in [-0.4, -0.2) is 61.3 Å². The molecule has 0 saturated carbocycles. The van der Waals surface area contributed by atoms with E-state index in [-0.39, 0.29) is 0 Å². The number of nitrogens with one attached hydrogen (secondary N) is 1. The first-order valence-electron chi connectivity index (χ1n) is 5.50. The van der Waals surface area contributed by atoms with E-state index in [1.807, 2.05) is 0 Å². The van der Waals surface area contributed by atoms with Gasteiger partial charge in [-0.1, -0.05) is 0 Å². The number of hydrogen-bond acceptors (Lipinski definition) is 4. The van der Waals surface area contributed by atoms with Crippen molar-refractivity contribution in [2.75, 3.05) is 44.3 Å². The predicted molar refractivity (Wildman–Crippen MR) is 61.0 cm³/mol. The Morgan fingerprint density at radius 3 is 3.21 bits per heavy atom. The van der Waals surface area contributed by atoms with Crippen molar-refractivity contribution in [3.05, 3.63) is 0 Å². The van der Waals surface area contributed by atoms with Gasteiger partial charge in [0.05, 0.1) is 12.7 Å². The fourth-order valence-corrected chi connectivity index (χ4v) is 3.11. The lowest BCUT2D eigenvalue weighted by atomic mass is 10.2. The largest absolute Gasteiger partial charge is 0.374 e. The van der Waals surface area contributed by atoms with Crippen LogP contribution in [0.15, 0.2) is 0 Å². The van der Waals surface area contributed by atoms with Crippen molar-refractivity contribution in [2.24, 2.45) is 0 Å². The topological polar surface area (TPSA) is 24.5 Å². The minimum absolute atomic E-state index is 0.411. The van der Waals surface area contributed by atoms with E-state index >= 15 is 0 Å². The van der Waals surface area contributed by atoms with Gasteiger partial charge in [0, 0.05) is 43.7 Å². The van der Waals surface area contributed by atoms with Crippen molar-refractivity contribution < 1.29 is 4.74 Å². The third-order valence-corrected chi connectivity index (χ3v) is 4.14. The zero-order chi connectivity index (χ0) is 9.80. The molecule has 0 spiro atoms. The maximum atomic E-state index is 5.72. The Kier molecular flexibility index (Phi) is 4.10. The second-order valence-electron chi connectivity index (χ2n) is 4.12. The highest BCUT2D eigenvalue weighted by Crippen LogP contribution is 2.16. The van der Waals surface area contributed by atoms with Gasteiger partial charge in [-0.15, -0.1) is 0 Å². The minimum atomic E-state index is 0.411. The summed E-state index contributed by atoms with van der Waals surface area (Å²) in [6.07, 6.45) is 0.411. The van der Waals surface area contributed by atoms with E-state index in [0.717, 1.165) is 32.3 Å². The molecule has 82 valence electrons. The van der Waals surface area contributed by atoms with Crippen molar-refractivity contribution >= 4 is 11.8 Å². The summed E-state index contributed by atoms with van der Waals surface area (Å²) in [6, 6.07) is 0.722. The molecule has 0 aliphatic carbocycles. The van der Waals surface area contributed by atoms with Gasteiger partial charge in [0.1, 0.15) is 0 Å². The Bertz CT molecular complexity index is 174. The summed E-state index contributed by atoms with van der Waals surface area (Å²) in [7, 11) is 0. The SMILES string of the molecule is CC1CSCCN1CC1CNCCO1. The van der Waals surface area contributed by atoms with Crippen LogP contribution < -0.4 is 5.32 Å².